The molecule has 144 valence electrons. The van der Waals surface area contributed by atoms with Crippen molar-refractivity contribution in [3.05, 3.63) is 45.9 Å². The van der Waals surface area contributed by atoms with E-state index in [-0.39, 0.29) is 13.2 Å². The van der Waals surface area contributed by atoms with Crippen molar-refractivity contribution in [1.82, 2.24) is 0 Å². The lowest BCUT2D eigenvalue weighted by atomic mass is 9.79. The van der Waals surface area contributed by atoms with E-state index in [1.165, 1.54) is 36.8 Å². The van der Waals surface area contributed by atoms with Gasteiger partial charge in [0.25, 0.3) is 0 Å². The van der Waals surface area contributed by atoms with Crippen LogP contribution in [0, 0.1) is 4.91 Å². The minimum Gasteiger partial charge on any atom is -0.494 e. The maximum atomic E-state index is 10.4. The Hall–Kier alpha value is -1.72. The first-order chi connectivity index (χ1) is 12.6. The van der Waals surface area contributed by atoms with Crippen LogP contribution in [-0.2, 0) is 12.8 Å². The fourth-order valence-electron chi connectivity index (χ4n) is 3.43. The van der Waals surface area contributed by atoms with Gasteiger partial charge in [0.2, 0.25) is 0 Å². The van der Waals surface area contributed by atoms with Crippen LogP contribution in [0.15, 0.2) is 35.0 Å². The highest BCUT2D eigenvalue weighted by Gasteiger charge is 2.30. The topological polar surface area (TPSA) is 84.9 Å². The predicted molar refractivity (Wildman–Crippen MR) is 105 cm³/mol. The van der Waals surface area contributed by atoms with Gasteiger partial charge in [-0.3, -0.25) is 0 Å². The van der Waals surface area contributed by atoms with Gasteiger partial charge in [-0.2, -0.15) is 4.91 Å². The van der Waals surface area contributed by atoms with Gasteiger partial charge in [0.05, 0.1) is 25.3 Å². The Morgan fingerprint density at radius 3 is 2.77 bits per heavy atom. The van der Waals surface area contributed by atoms with E-state index in [1.54, 1.807) is 0 Å². The number of nitrogens with two attached hydrogens (primary N) is 1. The normalized spacial score (nSPS) is 15.7. The zero-order valence-electron chi connectivity index (χ0n) is 15.9. The number of nitrogens with zero attached hydrogens (tertiary/aromatic N) is 1. The van der Waals surface area contributed by atoms with Crippen molar-refractivity contribution in [1.29, 1.82) is 0 Å². The third-order valence-corrected chi connectivity index (χ3v) is 5.21. The van der Waals surface area contributed by atoms with Crippen LogP contribution in [0.25, 0.3) is 0 Å². The highest BCUT2D eigenvalue weighted by Crippen LogP contribution is 2.31. The van der Waals surface area contributed by atoms with Crippen molar-refractivity contribution >= 4 is 0 Å². The van der Waals surface area contributed by atoms with Gasteiger partial charge in [-0.25, -0.2) is 0 Å². The molecule has 0 aromatic heterocycles. The largest absolute Gasteiger partial charge is 0.494 e. The molecule has 0 fully saturated rings. The van der Waals surface area contributed by atoms with Crippen molar-refractivity contribution in [3.63, 3.8) is 0 Å². The number of ether oxygens (including phenoxy) is 1. The lowest BCUT2D eigenvalue weighted by Gasteiger charge is -2.32. The number of allylic oxidation sites excluding steroid dienone is 1. The van der Waals surface area contributed by atoms with Gasteiger partial charge in [0.1, 0.15) is 5.75 Å². The highest BCUT2D eigenvalue weighted by molar-refractivity contribution is 5.44. The van der Waals surface area contributed by atoms with E-state index in [2.05, 4.69) is 30.3 Å². The number of hydrogen-bond acceptors (Lipinski definition) is 5. The summed E-state index contributed by atoms with van der Waals surface area (Å²) >= 11 is 0. The Labute approximate surface area is 156 Å². The molecule has 0 bridgehead atoms. The van der Waals surface area contributed by atoms with Crippen molar-refractivity contribution in [3.8, 4) is 5.75 Å². The number of aliphatic hydroxyl groups is 1. The second-order valence-electron chi connectivity index (χ2n) is 7.22. The molecule has 1 atom stereocenters. The fraction of sp³-hybridized carbons (Fsp3) is 0.619. The van der Waals surface area contributed by atoms with Crippen molar-refractivity contribution < 1.29 is 9.84 Å². The average Bonchev–Trinajstić information content (AvgIpc) is 2.68. The van der Waals surface area contributed by atoms with Crippen molar-refractivity contribution in [2.75, 3.05) is 19.8 Å². The molecule has 1 aliphatic rings. The van der Waals surface area contributed by atoms with Crippen LogP contribution < -0.4 is 10.5 Å². The first kappa shape index (κ1) is 20.6. The standard InChI is InChI=1S/C21H32N2O3/c1-2-3-4-5-6-13-26-20-10-8-17-14-19(9-7-18(17)15-20)21(22,16-24)11-12-23-25/h8-10,15,24H,2-7,11-14,16,22H2,1H3. The lowest BCUT2D eigenvalue weighted by Crippen LogP contribution is -2.47. The lowest BCUT2D eigenvalue weighted by molar-refractivity contribution is 0.211. The Kier molecular flexibility index (Phi) is 8.26. The Morgan fingerprint density at radius 1 is 1.23 bits per heavy atom. The van der Waals surface area contributed by atoms with Gasteiger partial charge in [-0.15, -0.1) is 0 Å². The van der Waals surface area contributed by atoms with Gasteiger partial charge >= 0.3 is 0 Å². The molecule has 3 N–H and O–H groups in total. The molecule has 0 saturated carbocycles. The number of fused-ring (bicyclic) bond motifs is 1. The van der Waals surface area contributed by atoms with E-state index >= 15 is 0 Å². The third kappa shape index (κ3) is 5.64. The quantitative estimate of drug-likeness (QED) is 0.336. The Bertz CT molecular complexity index is 615. The maximum Gasteiger partial charge on any atom is 0.119 e. The highest BCUT2D eigenvalue weighted by atomic mass is 16.5. The monoisotopic (exact) mass is 360 g/mol. The molecule has 1 unspecified atom stereocenters. The van der Waals surface area contributed by atoms with E-state index in [0.717, 1.165) is 30.8 Å². The molecule has 0 aliphatic heterocycles. The van der Waals surface area contributed by atoms with Gasteiger partial charge in [-0.05, 0) is 54.5 Å². The molecule has 1 aromatic rings. The summed E-state index contributed by atoms with van der Waals surface area (Å²) in [6.45, 7) is 2.92. The van der Waals surface area contributed by atoms with Crippen LogP contribution in [-0.4, -0.2) is 30.4 Å². The van der Waals surface area contributed by atoms with E-state index in [1.807, 2.05) is 6.07 Å². The van der Waals surface area contributed by atoms with E-state index in [9.17, 15) is 10.0 Å². The predicted octanol–water partition coefficient (Wildman–Crippen LogP) is 3.91. The van der Waals surface area contributed by atoms with Crippen LogP contribution in [0.2, 0.25) is 0 Å². The van der Waals surface area contributed by atoms with Crippen molar-refractivity contribution in [2.24, 2.45) is 10.9 Å². The molecule has 0 saturated heterocycles. The summed E-state index contributed by atoms with van der Waals surface area (Å²) < 4.78 is 5.89. The maximum absolute atomic E-state index is 10.4. The molecular formula is C21H32N2O3. The average molecular weight is 360 g/mol. The molecular weight excluding hydrogens is 328 g/mol. The van der Waals surface area contributed by atoms with Crippen LogP contribution >= 0.6 is 0 Å². The first-order valence-corrected chi connectivity index (χ1v) is 9.76. The van der Waals surface area contributed by atoms with Crippen LogP contribution in [0.1, 0.15) is 56.6 Å². The summed E-state index contributed by atoms with van der Waals surface area (Å²) in [5.41, 5.74) is 8.89. The van der Waals surface area contributed by atoms with E-state index < -0.39 is 5.54 Å². The zero-order chi connectivity index (χ0) is 18.8. The minimum atomic E-state index is -0.862. The second-order valence-corrected chi connectivity index (χ2v) is 7.22. The second kappa shape index (κ2) is 10.4. The molecule has 2 rings (SSSR count). The van der Waals surface area contributed by atoms with Crippen molar-refractivity contribution in [2.45, 2.75) is 63.8 Å². The molecule has 0 amide bonds. The first-order valence-electron chi connectivity index (χ1n) is 9.76. The molecule has 5 heteroatoms. The summed E-state index contributed by atoms with van der Waals surface area (Å²) in [6, 6.07) is 6.21. The van der Waals surface area contributed by atoms with E-state index in [4.69, 9.17) is 10.5 Å². The molecule has 1 aliphatic carbocycles. The Morgan fingerprint density at radius 2 is 2.04 bits per heavy atom. The summed E-state index contributed by atoms with van der Waals surface area (Å²) in [5, 5.41) is 12.6. The molecule has 0 spiro atoms. The molecule has 1 aromatic carbocycles. The summed E-state index contributed by atoms with van der Waals surface area (Å²) in [7, 11) is 0. The van der Waals surface area contributed by atoms with Crippen LogP contribution in [0.3, 0.4) is 0 Å². The number of aliphatic hydroxyl groups excluding tert-OH is 1. The summed E-state index contributed by atoms with van der Waals surface area (Å²) in [4.78, 5) is 10.4. The van der Waals surface area contributed by atoms with Gasteiger partial charge in [0.15, 0.2) is 0 Å². The Balaban J connectivity index is 1.92. The van der Waals surface area contributed by atoms with Crippen LogP contribution in [0.4, 0.5) is 0 Å². The fourth-order valence-corrected chi connectivity index (χ4v) is 3.43. The number of hydrogen-bond donors (Lipinski definition) is 2. The van der Waals surface area contributed by atoms with Crippen LogP contribution in [0.5, 0.6) is 5.75 Å². The van der Waals surface area contributed by atoms with Gasteiger partial charge < -0.3 is 15.6 Å². The van der Waals surface area contributed by atoms with Gasteiger partial charge in [0, 0.05) is 0 Å². The minimum absolute atomic E-state index is 0.117. The number of rotatable bonds is 12. The number of benzene rings is 1. The van der Waals surface area contributed by atoms with E-state index in [0.29, 0.717) is 12.8 Å². The van der Waals surface area contributed by atoms with Gasteiger partial charge in [-0.1, -0.05) is 49.9 Å². The number of nitroso groups, excluding NO2 is 1. The zero-order valence-corrected chi connectivity index (χ0v) is 15.9. The summed E-state index contributed by atoms with van der Waals surface area (Å²) in [5.74, 6) is 0.919. The smallest absolute Gasteiger partial charge is 0.119 e. The molecule has 0 radical (unpaired) electrons. The molecule has 5 nitrogen and oxygen atoms in total. The molecule has 0 heterocycles. The number of unbranched alkanes of at least 4 members (excludes halogenated alkanes) is 4. The SMILES string of the molecule is CCCCCCCOc1ccc2c(c1)CC=C(C(N)(CO)CCN=O)C2. The molecule has 26 heavy (non-hydrogen) atoms. The third-order valence-electron chi connectivity index (χ3n) is 5.21. The summed E-state index contributed by atoms with van der Waals surface area (Å²) in [6.07, 6.45) is 10.1.